The molecule has 184 valence electrons. The number of benzene rings is 1. The lowest BCUT2D eigenvalue weighted by Gasteiger charge is -2.09. The fourth-order valence-corrected chi connectivity index (χ4v) is 3.68. The number of anilines is 2. The second-order valence-electron chi connectivity index (χ2n) is 8.43. The maximum atomic E-state index is 14.9. The third kappa shape index (κ3) is 5.64. The summed E-state index contributed by atoms with van der Waals surface area (Å²) in [5.74, 6) is -0.0173. The maximum Gasteiger partial charge on any atom is 0.273 e. The molecular formula is C27H23FN8O. The number of amides is 1. The zero-order chi connectivity index (χ0) is 25.8. The van der Waals surface area contributed by atoms with Crippen LogP contribution in [0.3, 0.4) is 0 Å². The molecule has 37 heavy (non-hydrogen) atoms. The van der Waals surface area contributed by atoms with Gasteiger partial charge in [-0.1, -0.05) is 36.4 Å². The van der Waals surface area contributed by atoms with Crippen LogP contribution in [-0.2, 0) is 6.54 Å². The average molecular weight is 495 g/mol. The van der Waals surface area contributed by atoms with Crippen LogP contribution in [0.15, 0.2) is 73.1 Å². The van der Waals surface area contributed by atoms with Gasteiger partial charge in [0, 0.05) is 53.6 Å². The first-order valence-electron chi connectivity index (χ1n) is 11.5. The number of aryl methyl sites for hydroxylation is 2. The Morgan fingerprint density at radius 2 is 1.76 bits per heavy atom. The number of nitrogens with zero attached hydrogens (tertiary/aromatic N) is 5. The van der Waals surface area contributed by atoms with Crippen molar-refractivity contribution in [2.45, 2.75) is 20.4 Å². The number of carbonyl (C=O) groups excluding carboxylic acids is 1. The predicted molar refractivity (Wildman–Crippen MR) is 137 cm³/mol. The van der Waals surface area contributed by atoms with Crippen LogP contribution in [0.25, 0.3) is 22.6 Å². The molecule has 4 heterocycles. The molecule has 0 saturated carbocycles. The van der Waals surface area contributed by atoms with Crippen LogP contribution < -0.4 is 10.6 Å². The normalized spacial score (nSPS) is 10.8. The molecule has 0 unspecified atom stereocenters. The van der Waals surface area contributed by atoms with Gasteiger partial charge in [0.1, 0.15) is 5.82 Å². The summed E-state index contributed by atoms with van der Waals surface area (Å²) in [5.41, 5.74) is 4.22. The van der Waals surface area contributed by atoms with E-state index in [0.29, 0.717) is 22.9 Å². The fraction of sp³-hybridized carbons (Fsp3) is 0.111. The number of aromatic nitrogens is 6. The van der Waals surface area contributed by atoms with E-state index in [1.54, 1.807) is 19.2 Å². The largest absolute Gasteiger partial charge is 0.346 e. The van der Waals surface area contributed by atoms with Crippen LogP contribution in [0.4, 0.5) is 16.0 Å². The summed E-state index contributed by atoms with van der Waals surface area (Å²) >= 11 is 0. The van der Waals surface area contributed by atoms with Gasteiger partial charge >= 0.3 is 0 Å². The Hall–Kier alpha value is -4.99. The standard InChI is InChI=1S/C27H23FN8O/c1-16-10-23(33-24-11-17(2)35-36-24)34-26(32-16)20-12-21(28)25(30-15-20)27(37)31-14-18-8-9-22(29-13-18)19-6-4-3-5-7-19/h3-13,15H,14H2,1-2H3,(H,31,37)(H2,32,33,34,35,36). The molecule has 0 spiro atoms. The van der Waals surface area contributed by atoms with Crippen molar-refractivity contribution in [3.63, 3.8) is 0 Å². The van der Waals surface area contributed by atoms with Crippen molar-refractivity contribution < 1.29 is 9.18 Å². The molecule has 3 N–H and O–H groups in total. The smallest absolute Gasteiger partial charge is 0.273 e. The minimum absolute atomic E-state index is 0.187. The summed E-state index contributed by atoms with van der Waals surface area (Å²) in [5, 5.41) is 12.8. The lowest BCUT2D eigenvalue weighted by Crippen LogP contribution is -2.25. The SMILES string of the molecule is Cc1cc(Nc2cc(C)[nH]n2)nc(-c2cnc(C(=O)NCc3ccc(-c4ccccc4)nc3)c(F)c2)n1. The van der Waals surface area contributed by atoms with E-state index in [9.17, 15) is 9.18 Å². The van der Waals surface area contributed by atoms with E-state index < -0.39 is 11.7 Å². The first-order valence-corrected chi connectivity index (χ1v) is 11.5. The van der Waals surface area contributed by atoms with Crippen LogP contribution in [0, 0.1) is 19.7 Å². The summed E-state index contributed by atoms with van der Waals surface area (Å²) in [7, 11) is 0. The van der Waals surface area contributed by atoms with E-state index in [2.05, 4.69) is 40.8 Å². The van der Waals surface area contributed by atoms with Crippen molar-refractivity contribution in [2.24, 2.45) is 0 Å². The number of carbonyl (C=O) groups is 1. The molecular weight excluding hydrogens is 471 g/mol. The van der Waals surface area contributed by atoms with Crippen molar-refractivity contribution in [3.05, 3.63) is 102 Å². The Morgan fingerprint density at radius 1 is 0.919 bits per heavy atom. The van der Waals surface area contributed by atoms with E-state index in [1.165, 1.54) is 12.3 Å². The molecule has 9 nitrogen and oxygen atoms in total. The predicted octanol–water partition coefficient (Wildman–Crippen LogP) is 4.75. The van der Waals surface area contributed by atoms with Gasteiger partial charge in [-0.2, -0.15) is 5.10 Å². The maximum absolute atomic E-state index is 14.9. The third-order valence-electron chi connectivity index (χ3n) is 5.48. The highest BCUT2D eigenvalue weighted by Crippen LogP contribution is 2.21. The second-order valence-corrected chi connectivity index (χ2v) is 8.43. The van der Waals surface area contributed by atoms with E-state index in [0.717, 1.165) is 22.5 Å². The summed E-state index contributed by atoms with van der Waals surface area (Å²) in [4.78, 5) is 29.9. The Balaban J connectivity index is 1.27. The summed E-state index contributed by atoms with van der Waals surface area (Å²) in [6.07, 6.45) is 3.06. The van der Waals surface area contributed by atoms with Crippen LogP contribution in [0.2, 0.25) is 0 Å². The number of aromatic amines is 1. The van der Waals surface area contributed by atoms with Gasteiger partial charge in [0.15, 0.2) is 23.2 Å². The molecule has 0 aliphatic carbocycles. The Kier molecular flexibility index (Phi) is 6.62. The van der Waals surface area contributed by atoms with Crippen molar-refractivity contribution >= 4 is 17.5 Å². The number of nitrogens with one attached hydrogen (secondary N) is 3. The van der Waals surface area contributed by atoms with E-state index >= 15 is 0 Å². The molecule has 5 aromatic rings. The molecule has 4 aromatic heterocycles. The molecule has 0 bridgehead atoms. The topological polar surface area (TPSA) is 121 Å². The van der Waals surface area contributed by atoms with E-state index in [-0.39, 0.29) is 18.1 Å². The first-order chi connectivity index (χ1) is 17.9. The van der Waals surface area contributed by atoms with Gasteiger partial charge in [-0.25, -0.2) is 19.3 Å². The van der Waals surface area contributed by atoms with Gasteiger partial charge < -0.3 is 10.6 Å². The number of pyridine rings is 2. The number of halogens is 1. The third-order valence-corrected chi connectivity index (χ3v) is 5.48. The molecule has 0 fully saturated rings. The quantitative estimate of drug-likeness (QED) is 0.298. The van der Waals surface area contributed by atoms with Gasteiger partial charge in [-0.05, 0) is 31.5 Å². The van der Waals surface area contributed by atoms with Gasteiger partial charge in [0.25, 0.3) is 5.91 Å². The molecule has 10 heteroatoms. The van der Waals surface area contributed by atoms with Crippen LogP contribution in [-0.4, -0.2) is 36.0 Å². The highest BCUT2D eigenvalue weighted by atomic mass is 19.1. The minimum Gasteiger partial charge on any atom is -0.346 e. The van der Waals surface area contributed by atoms with Crippen molar-refractivity contribution in [1.82, 2.24) is 35.5 Å². The Bertz CT molecular complexity index is 1550. The molecule has 5 rings (SSSR count). The highest BCUT2D eigenvalue weighted by molar-refractivity contribution is 5.92. The second kappa shape index (κ2) is 10.3. The minimum atomic E-state index is -0.768. The first kappa shape index (κ1) is 23.7. The van der Waals surface area contributed by atoms with Crippen molar-refractivity contribution in [3.8, 4) is 22.6 Å². The monoisotopic (exact) mass is 494 g/mol. The zero-order valence-electron chi connectivity index (χ0n) is 20.2. The van der Waals surface area contributed by atoms with Crippen LogP contribution >= 0.6 is 0 Å². The fourth-order valence-electron chi connectivity index (χ4n) is 3.68. The summed E-state index contributed by atoms with van der Waals surface area (Å²) in [6, 6.07) is 18.3. The molecule has 1 amide bonds. The summed E-state index contributed by atoms with van der Waals surface area (Å²) in [6.45, 7) is 3.88. The number of hydrogen-bond acceptors (Lipinski definition) is 7. The molecule has 0 aliphatic heterocycles. The highest BCUT2D eigenvalue weighted by Gasteiger charge is 2.16. The lowest BCUT2D eigenvalue weighted by molar-refractivity contribution is 0.0941. The van der Waals surface area contributed by atoms with Gasteiger partial charge in [0.2, 0.25) is 0 Å². The van der Waals surface area contributed by atoms with Crippen molar-refractivity contribution in [2.75, 3.05) is 5.32 Å². The number of rotatable bonds is 7. The average Bonchev–Trinajstić information content (AvgIpc) is 3.32. The molecule has 0 aliphatic rings. The van der Waals surface area contributed by atoms with Crippen LogP contribution in [0.1, 0.15) is 27.4 Å². The number of H-pyrrole nitrogens is 1. The molecule has 0 saturated heterocycles. The van der Waals surface area contributed by atoms with Gasteiger partial charge in [-0.15, -0.1) is 0 Å². The van der Waals surface area contributed by atoms with Gasteiger partial charge in [0.05, 0.1) is 5.69 Å². The zero-order valence-corrected chi connectivity index (χ0v) is 20.2. The van der Waals surface area contributed by atoms with Gasteiger partial charge in [-0.3, -0.25) is 14.9 Å². The lowest BCUT2D eigenvalue weighted by atomic mass is 10.1. The molecule has 0 radical (unpaired) electrons. The molecule has 1 aromatic carbocycles. The van der Waals surface area contributed by atoms with Crippen LogP contribution in [0.5, 0.6) is 0 Å². The number of hydrogen-bond donors (Lipinski definition) is 3. The Morgan fingerprint density at radius 3 is 2.46 bits per heavy atom. The summed E-state index contributed by atoms with van der Waals surface area (Å²) < 4.78 is 14.9. The Labute approximate surface area is 212 Å². The molecule has 0 atom stereocenters. The van der Waals surface area contributed by atoms with Crippen molar-refractivity contribution in [1.29, 1.82) is 0 Å². The van der Waals surface area contributed by atoms with E-state index in [4.69, 9.17) is 0 Å². The van der Waals surface area contributed by atoms with E-state index in [1.807, 2.05) is 55.5 Å².